The highest BCUT2D eigenvalue weighted by atomic mass is 14.9. The molecule has 0 saturated heterocycles. The number of hydrogen-bond donors (Lipinski definition) is 1. The van der Waals surface area contributed by atoms with E-state index in [4.69, 9.17) is 5.26 Å². The van der Waals surface area contributed by atoms with Gasteiger partial charge in [0.25, 0.3) is 0 Å². The highest BCUT2D eigenvalue weighted by Crippen LogP contribution is 2.06. The summed E-state index contributed by atoms with van der Waals surface area (Å²) < 4.78 is 1.88. The van der Waals surface area contributed by atoms with E-state index in [0.29, 0.717) is 0 Å². The molecular formula is C15H25N3. The molecule has 0 amide bonds. The summed E-state index contributed by atoms with van der Waals surface area (Å²) in [5, 5.41) is 12.3. The zero-order valence-electron chi connectivity index (χ0n) is 11.7. The van der Waals surface area contributed by atoms with E-state index in [2.05, 4.69) is 18.3 Å². The van der Waals surface area contributed by atoms with Crippen molar-refractivity contribution >= 4 is 0 Å². The topological polar surface area (TPSA) is 40.8 Å². The van der Waals surface area contributed by atoms with Crippen LogP contribution < -0.4 is 5.32 Å². The van der Waals surface area contributed by atoms with Crippen LogP contribution in [0.3, 0.4) is 0 Å². The number of aromatic nitrogens is 1. The minimum atomic E-state index is 0.728. The number of nitriles is 1. The highest BCUT2D eigenvalue weighted by Gasteiger charge is 2.01. The lowest BCUT2D eigenvalue weighted by atomic mass is 10.1. The van der Waals surface area contributed by atoms with E-state index < -0.39 is 0 Å². The zero-order valence-corrected chi connectivity index (χ0v) is 11.7. The van der Waals surface area contributed by atoms with Crippen molar-refractivity contribution in [2.75, 3.05) is 6.54 Å². The first-order valence-electron chi connectivity index (χ1n) is 7.04. The normalized spacial score (nSPS) is 10.5. The van der Waals surface area contributed by atoms with Gasteiger partial charge in [0.2, 0.25) is 0 Å². The summed E-state index contributed by atoms with van der Waals surface area (Å²) in [7, 11) is 1.91. The van der Waals surface area contributed by atoms with Gasteiger partial charge in [-0.15, -0.1) is 0 Å². The summed E-state index contributed by atoms with van der Waals surface area (Å²) in [6, 6.07) is 4.13. The quantitative estimate of drug-likeness (QED) is 0.680. The molecule has 0 spiro atoms. The highest BCUT2D eigenvalue weighted by molar-refractivity contribution is 5.28. The SMILES string of the molecule is CCCCCCCCNCc1cc(C#N)n(C)c1. The van der Waals surface area contributed by atoms with Crippen molar-refractivity contribution in [3.8, 4) is 6.07 Å². The average Bonchev–Trinajstić information content (AvgIpc) is 2.73. The van der Waals surface area contributed by atoms with Crippen LogP contribution in [0.1, 0.15) is 56.7 Å². The molecule has 1 heterocycles. The molecule has 0 aromatic carbocycles. The van der Waals surface area contributed by atoms with Gasteiger partial charge < -0.3 is 9.88 Å². The molecule has 0 atom stereocenters. The van der Waals surface area contributed by atoms with Crippen LogP contribution >= 0.6 is 0 Å². The third-order valence-corrected chi connectivity index (χ3v) is 3.21. The minimum absolute atomic E-state index is 0.728. The smallest absolute Gasteiger partial charge is 0.120 e. The third kappa shape index (κ3) is 5.37. The lowest BCUT2D eigenvalue weighted by Gasteiger charge is -2.03. The molecule has 0 aliphatic rings. The lowest BCUT2D eigenvalue weighted by molar-refractivity contribution is 0.572. The van der Waals surface area contributed by atoms with Gasteiger partial charge in [0.05, 0.1) is 0 Å². The van der Waals surface area contributed by atoms with Crippen molar-refractivity contribution < 1.29 is 0 Å². The molecule has 0 aliphatic carbocycles. The van der Waals surface area contributed by atoms with Crippen LogP contribution in [-0.4, -0.2) is 11.1 Å². The van der Waals surface area contributed by atoms with E-state index in [-0.39, 0.29) is 0 Å². The zero-order chi connectivity index (χ0) is 13.2. The fourth-order valence-corrected chi connectivity index (χ4v) is 2.10. The fourth-order valence-electron chi connectivity index (χ4n) is 2.10. The molecule has 1 aromatic heterocycles. The largest absolute Gasteiger partial charge is 0.342 e. The molecule has 100 valence electrons. The number of aryl methyl sites for hydroxylation is 1. The standard InChI is InChI=1S/C15H25N3/c1-3-4-5-6-7-8-9-17-12-14-10-15(11-16)18(2)13-14/h10,13,17H,3-9,12H2,1-2H3. The van der Waals surface area contributed by atoms with Gasteiger partial charge in [-0.25, -0.2) is 0 Å². The van der Waals surface area contributed by atoms with Gasteiger partial charge in [-0.1, -0.05) is 39.0 Å². The Kier molecular flexibility index (Phi) is 7.20. The van der Waals surface area contributed by atoms with E-state index in [1.807, 2.05) is 23.9 Å². The summed E-state index contributed by atoms with van der Waals surface area (Å²) >= 11 is 0. The van der Waals surface area contributed by atoms with Gasteiger partial charge in [0, 0.05) is 19.8 Å². The first-order chi connectivity index (χ1) is 8.77. The predicted molar refractivity (Wildman–Crippen MR) is 75.2 cm³/mol. The average molecular weight is 247 g/mol. The van der Waals surface area contributed by atoms with Gasteiger partial charge in [-0.2, -0.15) is 5.26 Å². The van der Waals surface area contributed by atoms with Crippen LogP contribution in [-0.2, 0) is 13.6 Å². The third-order valence-electron chi connectivity index (χ3n) is 3.21. The van der Waals surface area contributed by atoms with Crippen LogP contribution in [0.5, 0.6) is 0 Å². The molecular weight excluding hydrogens is 222 g/mol. The molecule has 0 unspecified atom stereocenters. The number of nitrogens with one attached hydrogen (secondary N) is 1. The summed E-state index contributed by atoms with van der Waals surface area (Å²) in [5.74, 6) is 0. The maximum Gasteiger partial charge on any atom is 0.120 e. The van der Waals surface area contributed by atoms with Gasteiger partial charge in [-0.05, 0) is 24.6 Å². The Labute approximate surface area is 111 Å². The van der Waals surface area contributed by atoms with E-state index in [1.165, 1.54) is 44.1 Å². The molecule has 3 heteroatoms. The van der Waals surface area contributed by atoms with E-state index in [9.17, 15) is 0 Å². The molecule has 0 saturated carbocycles. The van der Waals surface area contributed by atoms with Gasteiger partial charge >= 0.3 is 0 Å². The number of unbranched alkanes of at least 4 members (excludes halogenated alkanes) is 5. The summed E-state index contributed by atoms with van der Waals surface area (Å²) in [5.41, 5.74) is 1.92. The number of rotatable bonds is 9. The second kappa shape index (κ2) is 8.77. The van der Waals surface area contributed by atoms with E-state index in [1.54, 1.807) is 0 Å². The summed E-state index contributed by atoms with van der Waals surface area (Å²) in [6.45, 7) is 4.18. The molecule has 18 heavy (non-hydrogen) atoms. The Morgan fingerprint density at radius 3 is 2.61 bits per heavy atom. The van der Waals surface area contributed by atoms with Gasteiger partial charge in [0.1, 0.15) is 11.8 Å². The Morgan fingerprint density at radius 1 is 1.22 bits per heavy atom. The maximum atomic E-state index is 8.85. The number of hydrogen-bond acceptors (Lipinski definition) is 2. The van der Waals surface area contributed by atoms with Gasteiger partial charge in [0.15, 0.2) is 0 Å². The van der Waals surface area contributed by atoms with Crippen LogP contribution in [0.4, 0.5) is 0 Å². The molecule has 0 bridgehead atoms. The van der Waals surface area contributed by atoms with Crippen LogP contribution in [0.2, 0.25) is 0 Å². The molecule has 0 aliphatic heterocycles. The maximum absolute atomic E-state index is 8.85. The Hall–Kier alpha value is -1.27. The Bertz CT molecular complexity index is 374. The molecule has 0 fully saturated rings. The molecule has 1 aromatic rings. The molecule has 0 radical (unpaired) electrons. The molecule has 3 nitrogen and oxygen atoms in total. The van der Waals surface area contributed by atoms with E-state index in [0.717, 1.165) is 18.8 Å². The fraction of sp³-hybridized carbons (Fsp3) is 0.667. The Morgan fingerprint density at radius 2 is 1.94 bits per heavy atom. The van der Waals surface area contributed by atoms with Gasteiger partial charge in [-0.3, -0.25) is 0 Å². The monoisotopic (exact) mass is 247 g/mol. The lowest BCUT2D eigenvalue weighted by Crippen LogP contribution is -2.14. The second-order valence-electron chi connectivity index (χ2n) is 4.90. The predicted octanol–water partition coefficient (Wildman–Crippen LogP) is 3.35. The van der Waals surface area contributed by atoms with Crippen LogP contribution in [0.15, 0.2) is 12.3 Å². The number of nitrogens with zero attached hydrogens (tertiary/aromatic N) is 2. The first-order valence-corrected chi connectivity index (χ1v) is 7.04. The minimum Gasteiger partial charge on any atom is -0.342 e. The van der Waals surface area contributed by atoms with Crippen LogP contribution in [0, 0.1) is 11.3 Å². The van der Waals surface area contributed by atoms with Crippen molar-refractivity contribution in [2.24, 2.45) is 7.05 Å². The van der Waals surface area contributed by atoms with Crippen molar-refractivity contribution in [3.63, 3.8) is 0 Å². The van der Waals surface area contributed by atoms with Crippen molar-refractivity contribution in [3.05, 3.63) is 23.5 Å². The van der Waals surface area contributed by atoms with Crippen molar-refractivity contribution in [1.82, 2.24) is 9.88 Å². The second-order valence-corrected chi connectivity index (χ2v) is 4.90. The first kappa shape index (κ1) is 14.8. The van der Waals surface area contributed by atoms with Crippen molar-refractivity contribution in [1.29, 1.82) is 5.26 Å². The Balaban J connectivity index is 2.05. The molecule has 1 rings (SSSR count). The van der Waals surface area contributed by atoms with Crippen molar-refractivity contribution in [2.45, 2.75) is 52.0 Å². The summed E-state index contributed by atoms with van der Waals surface area (Å²) in [4.78, 5) is 0. The molecule has 1 N–H and O–H groups in total. The van der Waals surface area contributed by atoms with E-state index >= 15 is 0 Å². The summed E-state index contributed by atoms with van der Waals surface area (Å²) in [6.07, 6.45) is 10.0. The van der Waals surface area contributed by atoms with Crippen LogP contribution in [0.25, 0.3) is 0 Å².